The minimum atomic E-state index is 0.330. The average Bonchev–Trinajstić information content (AvgIpc) is 2.81. The summed E-state index contributed by atoms with van der Waals surface area (Å²) in [7, 11) is 0. The number of nitrogens with zero attached hydrogens (tertiary/aromatic N) is 1. The molecular weight excluding hydrogens is 328 g/mol. The number of hydrogen-bond acceptors (Lipinski definition) is 3. The lowest BCUT2D eigenvalue weighted by atomic mass is 9.97. The molecule has 3 nitrogen and oxygen atoms in total. The van der Waals surface area contributed by atoms with E-state index in [4.69, 9.17) is 10.3 Å². The second kappa shape index (κ2) is 5.37. The molecule has 0 bridgehead atoms. The van der Waals surface area contributed by atoms with E-state index < -0.39 is 0 Å². The highest BCUT2D eigenvalue weighted by molar-refractivity contribution is 9.10. The van der Waals surface area contributed by atoms with Gasteiger partial charge in [-0.25, -0.2) is 0 Å². The summed E-state index contributed by atoms with van der Waals surface area (Å²) in [6.45, 7) is 4.14. The largest absolute Gasteiger partial charge is 0.367 e. The van der Waals surface area contributed by atoms with Crippen molar-refractivity contribution in [3.8, 4) is 22.4 Å². The number of benzene rings is 2. The van der Waals surface area contributed by atoms with Crippen LogP contribution in [0.25, 0.3) is 22.4 Å². The maximum atomic E-state index is 6.01. The Morgan fingerprint density at radius 1 is 1.05 bits per heavy atom. The van der Waals surface area contributed by atoms with E-state index in [0.717, 1.165) is 32.4 Å². The lowest BCUT2D eigenvalue weighted by molar-refractivity contribution is 0.439. The van der Waals surface area contributed by atoms with Gasteiger partial charge in [-0.3, -0.25) is 0 Å². The molecule has 3 aromatic rings. The second-order valence-electron chi connectivity index (χ2n) is 5.07. The molecule has 1 heterocycles. The number of rotatable bonds is 2. The Balaban J connectivity index is 2.25. The molecule has 0 radical (unpaired) electrons. The molecule has 0 saturated carbocycles. The molecule has 0 fully saturated rings. The van der Waals surface area contributed by atoms with Crippen molar-refractivity contribution in [1.82, 2.24) is 5.16 Å². The maximum absolute atomic E-state index is 6.01. The van der Waals surface area contributed by atoms with Crippen LogP contribution in [0.15, 0.2) is 51.5 Å². The van der Waals surface area contributed by atoms with Crippen molar-refractivity contribution in [2.75, 3.05) is 5.73 Å². The fourth-order valence-corrected chi connectivity index (χ4v) is 2.97. The van der Waals surface area contributed by atoms with Crippen molar-refractivity contribution < 1.29 is 4.52 Å². The summed E-state index contributed by atoms with van der Waals surface area (Å²) in [5.41, 5.74) is 12.0. The van der Waals surface area contributed by atoms with Crippen LogP contribution in [0, 0.1) is 13.8 Å². The molecule has 0 saturated heterocycles. The van der Waals surface area contributed by atoms with Crippen molar-refractivity contribution in [2.24, 2.45) is 0 Å². The smallest absolute Gasteiger partial charge is 0.230 e. The monoisotopic (exact) mass is 342 g/mol. The number of aryl methyl sites for hydroxylation is 2. The summed E-state index contributed by atoms with van der Waals surface area (Å²) in [5.74, 6) is 0.330. The summed E-state index contributed by atoms with van der Waals surface area (Å²) >= 11 is 3.56. The third-order valence-electron chi connectivity index (χ3n) is 3.50. The molecule has 2 aromatic carbocycles. The minimum absolute atomic E-state index is 0.330. The number of nitrogens with two attached hydrogens (primary N) is 1. The first-order valence-electron chi connectivity index (χ1n) is 6.65. The summed E-state index contributed by atoms with van der Waals surface area (Å²) in [5, 5.41) is 4.17. The molecule has 0 aliphatic carbocycles. The molecule has 0 spiro atoms. The summed E-state index contributed by atoms with van der Waals surface area (Å²) in [6.07, 6.45) is 0. The zero-order chi connectivity index (χ0) is 15.0. The van der Waals surface area contributed by atoms with Gasteiger partial charge >= 0.3 is 0 Å². The van der Waals surface area contributed by atoms with E-state index in [2.05, 4.69) is 53.1 Å². The number of hydrogen-bond donors (Lipinski definition) is 1. The Kier molecular flexibility index (Phi) is 3.55. The average molecular weight is 343 g/mol. The molecule has 1 aromatic heterocycles. The molecule has 2 N–H and O–H groups in total. The van der Waals surface area contributed by atoms with Gasteiger partial charge < -0.3 is 10.3 Å². The Morgan fingerprint density at radius 2 is 1.81 bits per heavy atom. The second-order valence-corrected chi connectivity index (χ2v) is 5.92. The van der Waals surface area contributed by atoms with Crippen LogP contribution < -0.4 is 5.73 Å². The molecule has 0 atom stereocenters. The van der Waals surface area contributed by atoms with Gasteiger partial charge in [-0.2, -0.15) is 0 Å². The van der Waals surface area contributed by atoms with Crippen LogP contribution in [0.5, 0.6) is 0 Å². The van der Waals surface area contributed by atoms with Crippen LogP contribution in [0.1, 0.15) is 11.1 Å². The van der Waals surface area contributed by atoms with Crippen LogP contribution in [-0.2, 0) is 0 Å². The van der Waals surface area contributed by atoms with E-state index in [9.17, 15) is 0 Å². The Bertz CT molecular complexity index is 808. The first kappa shape index (κ1) is 13.9. The first-order chi connectivity index (χ1) is 10.1. The molecule has 0 aliphatic rings. The van der Waals surface area contributed by atoms with E-state index in [1.165, 1.54) is 5.56 Å². The van der Waals surface area contributed by atoms with Crippen molar-refractivity contribution in [1.29, 1.82) is 0 Å². The van der Waals surface area contributed by atoms with Crippen LogP contribution in [0.2, 0.25) is 0 Å². The maximum Gasteiger partial charge on any atom is 0.230 e. The third kappa shape index (κ3) is 2.47. The van der Waals surface area contributed by atoms with Gasteiger partial charge in [0, 0.05) is 15.6 Å². The fourth-order valence-electron chi connectivity index (χ4n) is 2.49. The van der Waals surface area contributed by atoms with Crippen LogP contribution in [0.3, 0.4) is 0 Å². The molecule has 21 heavy (non-hydrogen) atoms. The summed E-state index contributed by atoms with van der Waals surface area (Å²) < 4.78 is 6.22. The number of anilines is 1. The third-order valence-corrected chi connectivity index (χ3v) is 4.19. The van der Waals surface area contributed by atoms with Crippen LogP contribution in [-0.4, -0.2) is 5.16 Å². The van der Waals surface area contributed by atoms with Crippen LogP contribution in [0.4, 0.5) is 5.88 Å². The van der Waals surface area contributed by atoms with E-state index in [1.807, 2.05) is 24.3 Å². The SMILES string of the molecule is Cc1ccc(-c2noc(N)c2-c2ccccc2Br)c(C)c1. The highest BCUT2D eigenvalue weighted by Gasteiger charge is 2.20. The van der Waals surface area contributed by atoms with Gasteiger partial charge in [0.05, 0.1) is 5.56 Å². The van der Waals surface area contributed by atoms with Crippen molar-refractivity contribution in [3.05, 3.63) is 58.1 Å². The van der Waals surface area contributed by atoms with Crippen molar-refractivity contribution in [2.45, 2.75) is 13.8 Å². The standard InChI is InChI=1S/C17H15BrN2O/c1-10-7-8-12(11(2)9-10)16-15(17(19)21-20-16)13-5-3-4-6-14(13)18/h3-9H,19H2,1-2H3. The van der Waals surface area contributed by atoms with Crippen LogP contribution >= 0.6 is 15.9 Å². The number of aromatic nitrogens is 1. The number of nitrogen functional groups attached to an aromatic ring is 1. The van der Waals surface area contributed by atoms with E-state index in [1.54, 1.807) is 0 Å². The van der Waals surface area contributed by atoms with Crippen molar-refractivity contribution >= 4 is 21.8 Å². The molecule has 0 amide bonds. The zero-order valence-electron chi connectivity index (χ0n) is 11.9. The lowest BCUT2D eigenvalue weighted by Gasteiger charge is -2.08. The molecule has 3 rings (SSSR count). The van der Waals surface area contributed by atoms with Gasteiger partial charge in [-0.05, 0) is 25.5 Å². The molecule has 0 unspecified atom stereocenters. The lowest BCUT2D eigenvalue weighted by Crippen LogP contribution is -1.91. The predicted octanol–water partition coefficient (Wildman–Crippen LogP) is 4.97. The summed E-state index contributed by atoms with van der Waals surface area (Å²) in [6, 6.07) is 14.2. The zero-order valence-corrected chi connectivity index (χ0v) is 13.4. The van der Waals surface area contributed by atoms with Gasteiger partial charge in [-0.15, -0.1) is 0 Å². The predicted molar refractivity (Wildman–Crippen MR) is 89.0 cm³/mol. The highest BCUT2D eigenvalue weighted by Crippen LogP contribution is 2.40. The topological polar surface area (TPSA) is 52.0 Å². The van der Waals surface area contributed by atoms with Gasteiger partial charge in [-0.1, -0.05) is 63.0 Å². The van der Waals surface area contributed by atoms with E-state index in [-0.39, 0.29) is 0 Å². The highest BCUT2D eigenvalue weighted by atomic mass is 79.9. The van der Waals surface area contributed by atoms with E-state index >= 15 is 0 Å². The van der Waals surface area contributed by atoms with Gasteiger partial charge in [0.2, 0.25) is 5.88 Å². The van der Waals surface area contributed by atoms with Gasteiger partial charge in [0.1, 0.15) is 5.69 Å². The minimum Gasteiger partial charge on any atom is -0.367 e. The van der Waals surface area contributed by atoms with Gasteiger partial charge in [0.15, 0.2) is 0 Å². The Hall–Kier alpha value is -2.07. The molecule has 0 aliphatic heterocycles. The quantitative estimate of drug-likeness (QED) is 0.715. The van der Waals surface area contributed by atoms with Gasteiger partial charge in [0.25, 0.3) is 0 Å². The Labute approximate surface area is 131 Å². The Morgan fingerprint density at radius 3 is 2.52 bits per heavy atom. The fraction of sp³-hybridized carbons (Fsp3) is 0.118. The first-order valence-corrected chi connectivity index (χ1v) is 7.45. The summed E-state index contributed by atoms with van der Waals surface area (Å²) in [4.78, 5) is 0. The normalized spacial score (nSPS) is 10.8. The molecule has 106 valence electrons. The van der Waals surface area contributed by atoms with E-state index in [0.29, 0.717) is 5.88 Å². The molecule has 4 heteroatoms. The van der Waals surface area contributed by atoms with Crippen molar-refractivity contribution in [3.63, 3.8) is 0 Å². The molecular formula is C17H15BrN2O. The number of halogens is 1.